The summed E-state index contributed by atoms with van der Waals surface area (Å²) in [5.74, 6) is -1.17. The van der Waals surface area contributed by atoms with Crippen LogP contribution in [0.2, 0.25) is 0 Å². The van der Waals surface area contributed by atoms with Crippen molar-refractivity contribution in [3.05, 3.63) is 119 Å². The number of amides is 5. The first-order chi connectivity index (χ1) is 31.0. The van der Waals surface area contributed by atoms with E-state index in [2.05, 4.69) is 14.8 Å². The predicted octanol–water partition coefficient (Wildman–Crippen LogP) is 7.37. The van der Waals surface area contributed by atoms with Crippen LogP contribution in [0.4, 0.5) is 34.5 Å². The molecule has 0 aromatic heterocycles. The fourth-order valence-corrected chi connectivity index (χ4v) is 6.85. The number of halogens is 3. The molecular weight excluding hydrogens is 882 g/mol. The van der Waals surface area contributed by atoms with Crippen LogP contribution in [0.3, 0.4) is 0 Å². The smallest absolute Gasteiger partial charge is 0.410 e. The number of hydrogen-bond acceptors (Lipinski definition) is 11. The number of carbonyl (C=O) groups is 5. The number of nitrogens with one attached hydrogen (secondary N) is 1. The van der Waals surface area contributed by atoms with Gasteiger partial charge in [0, 0.05) is 74.9 Å². The van der Waals surface area contributed by atoms with Crippen LogP contribution in [0.5, 0.6) is 11.5 Å². The van der Waals surface area contributed by atoms with Crippen molar-refractivity contribution in [1.29, 1.82) is 0 Å². The summed E-state index contributed by atoms with van der Waals surface area (Å²) in [6.07, 6.45) is -0.422. The molecule has 16 nitrogen and oxygen atoms in total. The molecule has 2 fully saturated rings. The number of urea groups is 2. The van der Waals surface area contributed by atoms with Crippen LogP contribution in [-0.2, 0) is 27.3 Å². The van der Waals surface area contributed by atoms with Gasteiger partial charge < -0.3 is 43.7 Å². The number of nitrogens with zero attached hydrogens (tertiary/aromatic N) is 5. The maximum Gasteiger partial charge on any atom is 0.410 e. The molecule has 0 spiro atoms. The summed E-state index contributed by atoms with van der Waals surface area (Å²) >= 11 is 0. The molecule has 66 heavy (non-hydrogen) atoms. The molecule has 356 valence electrons. The third-order valence-corrected chi connectivity index (χ3v) is 10.4. The van der Waals surface area contributed by atoms with Gasteiger partial charge in [-0.2, -0.15) is 0 Å². The topological polar surface area (TPSA) is 160 Å². The van der Waals surface area contributed by atoms with E-state index in [0.717, 1.165) is 12.1 Å². The molecule has 2 saturated heterocycles. The molecule has 4 aromatic rings. The van der Waals surface area contributed by atoms with Crippen molar-refractivity contribution < 1.29 is 56.4 Å². The first kappa shape index (κ1) is 52.0. The zero-order valence-corrected chi connectivity index (χ0v) is 39.0. The van der Waals surface area contributed by atoms with Crippen molar-refractivity contribution in [3.8, 4) is 11.5 Å². The summed E-state index contributed by atoms with van der Waals surface area (Å²) in [4.78, 5) is 70.4. The third-order valence-electron chi connectivity index (χ3n) is 10.4. The Hall–Kier alpha value is -6.66. The van der Waals surface area contributed by atoms with Gasteiger partial charge in [-0.05, 0) is 93.6 Å². The molecule has 0 aliphatic carbocycles. The summed E-state index contributed by atoms with van der Waals surface area (Å²) in [6.45, 7) is 9.19. The highest BCUT2D eigenvalue weighted by atomic mass is 35.5. The van der Waals surface area contributed by atoms with E-state index in [9.17, 15) is 32.8 Å². The van der Waals surface area contributed by atoms with Gasteiger partial charge in [-0.3, -0.25) is 9.80 Å². The van der Waals surface area contributed by atoms with Crippen LogP contribution in [0, 0.1) is 11.6 Å². The summed E-state index contributed by atoms with van der Waals surface area (Å²) in [5.41, 5.74) is 1.31. The van der Waals surface area contributed by atoms with Crippen molar-refractivity contribution in [2.24, 2.45) is 0 Å². The molecule has 0 bridgehead atoms. The van der Waals surface area contributed by atoms with Crippen molar-refractivity contribution >= 4 is 53.9 Å². The van der Waals surface area contributed by atoms with Gasteiger partial charge >= 0.3 is 30.1 Å². The minimum atomic E-state index is -0.647. The van der Waals surface area contributed by atoms with Crippen LogP contribution < -0.4 is 24.6 Å². The van der Waals surface area contributed by atoms with E-state index in [-0.39, 0.29) is 54.2 Å². The standard InChI is InChI=1S/C26H32FN3O6.C21H24FN3O4.ClH/c1-26(2,3)36-25(33)29-14-12-28(13-15-29)24(32)30(20-8-10-21(34-4)11-9-20)17-19-7-6-18(16-22(19)27)23(31)35-5;1-28-18-7-5-17(6-8-18)25(21(27)24-11-9-23-10-12-24)14-16-4-3-15(13-19(16)22)20(26)29-2;/h6-11,16H,12-15,17H2,1-5H3;3-8,13,23H,9-12,14H2,1-2H3;1H. The second-order valence-corrected chi connectivity index (χ2v) is 15.9. The van der Waals surface area contributed by atoms with Crippen LogP contribution in [0.25, 0.3) is 0 Å². The zero-order chi connectivity index (χ0) is 47.3. The van der Waals surface area contributed by atoms with Crippen LogP contribution in [-0.4, -0.2) is 131 Å². The van der Waals surface area contributed by atoms with Crippen LogP contribution in [0.15, 0.2) is 84.9 Å². The van der Waals surface area contributed by atoms with Crippen molar-refractivity contribution in [2.75, 3.05) is 90.6 Å². The van der Waals surface area contributed by atoms with Crippen molar-refractivity contribution in [3.63, 3.8) is 0 Å². The molecule has 0 unspecified atom stereocenters. The SMILES string of the molecule is COC(=O)c1ccc(CN(C(=O)N2CCN(C(=O)OC(C)(C)C)CC2)c2ccc(OC)cc2)c(F)c1.COC(=O)c1ccc(CN(C(=O)N2CCNCC2)c2ccc(OC)cc2)c(F)c1.Cl. The quantitative estimate of drug-likeness (QED) is 0.125. The highest BCUT2D eigenvalue weighted by Crippen LogP contribution is 2.27. The number of piperazine rings is 2. The fraction of sp³-hybridized carbons (Fsp3) is 0.383. The number of benzene rings is 4. The monoisotopic (exact) mass is 938 g/mol. The Bertz CT molecular complexity index is 2280. The van der Waals surface area contributed by atoms with E-state index in [1.165, 1.54) is 48.3 Å². The molecule has 1 N–H and O–H groups in total. The number of anilines is 2. The molecule has 0 radical (unpaired) electrons. The van der Waals surface area contributed by atoms with E-state index in [1.807, 2.05) is 0 Å². The Labute approximate surface area is 389 Å². The average molecular weight is 939 g/mol. The van der Waals surface area contributed by atoms with Gasteiger partial charge in [0.15, 0.2) is 0 Å². The van der Waals surface area contributed by atoms with E-state index >= 15 is 0 Å². The molecule has 0 atom stereocenters. The normalized spacial score (nSPS) is 13.5. The Kier molecular flexibility index (Phi) is 18.9. The lowest BCUT2D eigenvalue weighted by molar-refractivity contribution is 0.0171. The second kappa shape index (κ2) is 24.0. The predicted molar refractivity (Wildman–Crippen MR) is 246 cm³/mol. The third kappa shape index (κ3) is 13.9. The Balaban J connectivity index is 0.000000290. The van der Waals surface area contributed by atoms with Gasteiger partial charge in [-0.25, -0.2) is 32.8 Å². The summed E-state index contributed by atoms with van der Waals surface area (Å²) in [5, 5.41) is 3.21. The summed E-state index contributed by atoms with van der Waals surface area (Å²) < 4.78 is 54.6. The summed E-state index contributed by atoms with van der Waals surface area (Å²) in [7, 11) is 5.57. The van der Waals surface area contributed by atoms with E-state index in [0.29, 0.717) is 80.8 Å². The highest BCUT2D eigenvalue weighted by molar-refractivity contribution is 5.94. The fourth-order valence-electron chi connectivity index (χ4n) is 6.85. The van der Waals surface area contributed by atoms with Gasteiger partial charge in [-0.15, -0.1) is 12.4 Å². The Morgan fingerprint density at radius 2 is 0.955 bits per heavy atom. The maximum absolute atomic E-state index is 14.9. The van der Waals surface area contributed by atoms with E-state index in [1.54, 1.807) is 98.2 Å². The van der Waals surface area contributed by atoms with Gasteiger partial charge in [-0.1, -0.05) is 12.1 Å². The summed E-state index contributed by atoms with van der Waals surface area (Å²) in [6, 6.07) is 21.5. The van der Waals surface area contributed by atoms with Gasteiger partial charge in [0.2, 0.25) is 0 Å². The molecule has 19 heteroatoms. The number of esters is 2. The lowest BCUT2D eigenvalue weighted by Crippen LogP contribution is -2.54. The molecule has 2 aliphatic rings. The molecule has 4 aromatic carbocycles. The van der Waals surface area contributed by atoms with Gasteiger partial charge in [0.1, 0.15) is 28.7 Å². The second-order valence-electron chi connectivity index (χ2n) is 15.9. The number of ether oxygens (including phenoxy) is 5. The highest BCUT2D eigenvalue weighted by Gasteiger charge is 2.31. The van der Waals surface area contributed by atoms with E-state index < -0.39 is 35.3 Å². The van der Waals surface area contributed by atoms with Crippen LogP contribution >= 0.6 is 12.4 Å². The van der Waals surface area contributed by atoms with Crippen molar-refractivity contribution in [1.82, 2.24) is 20.0 Å². The molecule has 5 amide bonds. The largest absolute Gasteiger partial charge is 0.497 e. The Morgan fingerprint density at radius 3 is 1.30 bits per heavy atom. The first-order valence-corrected chi connectivity index (χ1v) is 20.9. The van der Waals surface area contributed by atoms with Gasteiger partial charge in [0.25, 0.3) is 0 Å². The van der Waals surface area contributed by atoms with Gasteiger partial charge in [0.05, 0.1) is 52.7 Å². The molecular formula is C47H57ClF2N6O10. The Morgan fingerprint density at radius 1 is 0.576 bits per heavy atom. The number of methoxy groups -OCH3 is 4. The number of carbonyl (C=O) groups excluding carboxylic acids is 5. The lowest BCUT2D eigenvalue weighted by atomic mass is 10.1. The molecule has 2 heterocycles. The van der Waals surface area contributed by atoms with Crippen molar-refractivity contribution in [2.45, 2.75) is 39.5 Å². The number of hydrogen-bond donors (Lipinski definition) is 1. The van der Waals surface area contributed by atoms with E-state index in [4.69, 9.17) is 14.2 Å². The molecule has 0 saturated carbocycles. The average Bonchev–Trinajstić information content (AvgIpc) is 3.32. The number of rotatable bonds is 10. The van der Waals surface area contributed by atoms with Crippen LogP contribution in [0.1, 0.15) is 52.6 Å². The minimum absolute atomic E-state index is 0. The molecule has 6 rings (SSSR count). The lowest BCUT2D eigenvalue weighted by Gasteiger charge is -2.38. The zero-order valence-electron chi connectivity index (χ0n) is 38.1. The molecule has 2 aliphatic heterocycles. The minimum Gasteiger partial charge on any atom is -0.497 e. The first-order valence-electron chi connectivity index (χ1n) is 20.9. The maximum atomic E-state index is 14.9.